The normalized spacial score (nSPS) is 9.90. The van der Waals surface area contributed by atoms with Crippen LogP contribution in [0.4, 0.5) is 17.1 Å². The molecule has 1 aromatic carbocycles. The topological polar surface area (TPSA) is 119 Å². The van der Waals surface area contributed by atoms with Crippen molar-refractivity contribution >= 4 is 23.0 Å². The molecule has 1 N–H and O–H groups in total. The van der Waals surface area contributed by atoms with Crippen LogP contribution in [0.5, 0.6) is 0 Å². The number of hydrogen-bond acceptors (Lipinski definition) is 6. The number of nitrogens with zero attached hydrogens (tertiary/aromatic N) is 3. The lowest BCUT2D eigenvalue weighted by atomic mass is 10.2. The number of anilines is 1. The van der Waals surface area contributed by atoms with Crippen molar-refractivity contribution in [1.82, 2.24) is 4.90 Å². The van der Waals surface area contributed by atoms with Gasteiger partial charge in [0.05, 0.1) is 22.5 Å². The van der Waals surface area contributed by atoms with Crippen LogP contribution >= 0.6 is 0 Å². The van der Waals surface area contributed by atoms with E-state index < -0.39 is 15.5 Å². The van der Waals surface area contributed by atoms with E-state index in [0.717, 1.165) is 12.1 Å². The summed E-state index contributed by atoms with van der Waals surface area (Å²) in [7, 11) is 1.61. The maximum atomic E-state index is 11.6. The molecule has 0 saturated heterocycles. The third-order valence-corrected chi connectivity index (χ3v) is 2.72. The van der Waals surface area contributed by atoms with Crippen molar-refractivity contribution in [2.24, 2.45) is 0 Å². The highest BCUT2D eigenvalue weighted by atomic mass is 16.6. The molecule has 0 radical (unpaired) electrons. The molecule has 0 aliphatic rings. The summed E-state index contributed by atoms with van der Waals surface area (Å²) in [5.74, 6) is -0.236. The Morgan fingerprint density at radius 2 is 1.95 bits per heavy atom. The maximum Gasteiger partial charge on any atom is 0.299 e. The van der Waals surface area contributed by atoms with Crippen LogP contribution in [0.2, 0.25) is 0 Å². The fraction of sp³-hybridized carbons (Fsp3) is 0.364. The molecule has 0 atom stereocenters. The highest BCUT2D eigenvalue weighted by molar-refractivity contribution is 5.81. The predicted molar refractivity (Wildman–Crippen MR) is 71.6 cm³/mol. The zero-order chi connectivity index (χ0) is 15.3. The van der Waals surface area contributed by atoms with Crippen LogP contribution in [0.25, 0.3) is 0 Å². The summed E-state index contributed by atoms with van der Waals surface area (Å²) >= 11 is 0. The van der Waals surface area contributed by atoms with Gasteiger partial charge >= 0.3 is 0 Å². The number of rotatable bonds is 6. The third kappa shape index (κ3) is 3.64. The van der Waals surface area contributed by atoms with Crippen LogP contribution in [-0.4, -0.2) is 40.8 Å². The van der Waals surface area contributed by atoms with Crippen molar-refractivity contribution in [2.75, 3.05) is 25.5 Å². The van der Waals surface area contributed by atoms with Crippen LogP contribution in [0.15, 0.2) is 18.2 Å². The first kappa shape index (κ1) is 15.3. The van der Waals surface area contributed by atoms with Crippen molar-refractivity contribution in [3.8, 4) is 0 Å². The van der Waals surface area contributed by atoms with Gasteiger partial charge in [0, 0.05) is 19.7 Å². The molecule has 1 aromatic rings. The number of amides is 1. The Kier molecular flexibility index (Phi) is 4.95. The highest BCUT2D eigenvalue weighted by Gasteiger charge is 2.20. The molecule has 9 heteroatoms. The van der Waals surface area contributed by atoms with E-state index >= 15 is 0 Å². The summed E-state index contributed by atoms with van der Waals surface area (Å²) in [6.07, 6.45) is 0. The number of hydrogen-bond donors (Lipinski definition) is 1. The molecule has 0 aromatic heterocycles. The monoisotopic (exact) mass is 282 g/mol. The first-order valence-electron chi connectivity index (χ1n) is 5.77. The molecule has 0 aliphatic carbocycles. The van der Waals surface area contributed by atoms with Crippen molar-refractivity contribution < 1.29 is 14.6 Å². The molecule has 9 nitrogen and oxygen atoms in total. The largest absolute Gasteiger partial charge is 0.371 e. The Bertz CT molecular complexity index is 546. The van der Waals surface area contributed by atoms with Gasteiger partial charge < -0.3 is 10.2 Å². The summed E-state index contributed by atoms with van der Waals surface area (Å²) in [6.45, 7) is 2.19. The molecule has 0 heterocycles. The van der Waals surface area contributed by atoms with E-state index in [1.54, 1.807) is 14.0 Å². The minimum atomic E-state index is -0.733. The molecule has 0 unspecified atom stereocenters. The standard InChI is InChI=1S/C11H14N4O5/c1-3-13(2)11(16)7-12-9-5-4-8(14(17)18)6-10(9)15(19)20/h4-6,12H,3,7H2,1-2H3. The third-order valence-electron chi connectivity index (χ3n) is 2.72. The Balaban J connectivity index is 2.92. The van der Waals surface area contributed by atoms with E-state index in [9.17, 15) is 25.0 Å². The van der Waals surface area contributed by atoms with E-state index in [1.807, 2.05) is 0 Å². The smallest absolute Gasteiger partial charge is 0.299 e. The van der Waals surface area contributed by atoms with Crippen LogP contribution in [-0.2, 0) is 4.79 Å². The van der Waals surface area contributed by atoms with Crippen LogP contribution in [0, 0.1) is 20.2 Å². The summed E-state index contributed by atoms with van der Waals surface area (Å²) in [5.41, 5.74) is -0.746. The number of carbonyl (C=O) groups excluding carboxylic acids is 1. The number of non-ortho nitro benzene ring substituents is 1. The van der Waals surface area contributed by atoms with Crippen molar-refractivity contribution in [3.05, 3.63) is 38.4 Å². The van der Waals surface area contributed by atoms with Crippen LogP contribution in [0.3, 0.4) is 0 Å². The second kappa shape index (κ2) is 6.45. The van der Waals surface area contributed by atoms with E-state index in [-0.39, 0.29) is 23.8 Å². The number of likely N-dealkylation sites (N-methyl/N-ethyl adjacent to an activating group) is 1. The minimum Gasteiger partial charge on any atom is -0.371 e. The van der Waals surface area contributed by atoms with Gasteiger partial charge in [0.1, 0.15) is 5.69 Å². The van der Waals surface area contributed by atoms with E-state index in [4.69, 9.17) is 0 Å². The summed E-state index contributed by atoms with van der Waals surface area (Å²) in [5, 5.41) is 24.1. The first-order chi connectivity index (χ1) is 9.36. The first-order valence-corrected chi connectivity index (χ1v) is 5.77. The quantitative estimate of drug-likeness (QED) is 0.622. The molecule has 0 spiro atoms. The Morgan fingerprint density at radius 3 is 2.45 bits per heavy atom. The second-order valence-electron chi connectivity index (χ2n) is 3.98. The predicted octanol–water partition coefficient (Wildman–Crippen LogP) is 1.39. The Labute approximate surface area is 114 Å². The summed E-state index contributed by atoms with van der Waals surface area (Å²) in [6, 6.07) is 3.22. The van der Waals surface area contributed by atoms with Crippen molar-refractivity contribution in [2.45, 2.75) is 6.92 Å². The SMILES string of the molecule is CCN(C)C(=O)CNc1ccc([N+](=O)[O-])cc1[N+](=O)[O-]. The van der Waals surface area contributed by atoms with Gasteiger partial charge in [-0.1, -0.05) is 0 Å². The van der Waals surface area contributed by atoms with Gasteiger partial charge in [-0.05, 0) is 13.0 Å². The van der Waals surface area contributed by atoms with Crippen LogP contribution in [0.1, 0.15) is 6.92 Å². The molecule has 1 amide bonds. The molecule has 108 valence electrons. The molecule has 0 aliphatic heterocycles. The van der Waals surface area contributed by atoms with Gasteiger partial charge in [-0.2, -0.15) is 0 Å². The fourth-order valence-corrected chi connectivity index (χ4v) is 1.42. The second-order valence-corrected chi connectivity index (χ2v) is 3.98. The van der Waals surface area contributed by atoms with Gasteiger partial charge in [0.15, 0.2) is 0 Å². The molecule has 0 bridgehead atoms. The minimum absolute atomic E-state index is 0.0680. The number of nitro groups is 2. The number of benzene rings is 1. The Morgan fingerprint density at radius 1 is 1.30 bits per heavy atom. The molecule has 0 saturated carbocycles. The van der Waals surface area contributed by atoms with Gasteiger partial charge in [0.2, 0.25) is 5.91 Å². The lowest BCUT2D eigenvalue weighted by Crippen LogP contribution is -2.31. The average molecular weight is 282 g/mol. The fourth-order valence-electron chi connectivity index (χ4n) is 1.42. The van der Waals surface area contributed by atoms with Gasteiger partial charge in [0.25, 0.3) is 11.4 Å². The number of nitro benzene ring substituents is 2. The van der Waals surface area contributed by atoms with E-state index in [2.05, 4.69) is 5.32 Å². The van der Waals surface area contributed by atoms with Crippen molar-refractivity contribution in [3.63, 3.8) is 0 Å². The highest BCUT2D eigenvalue weighted by Crippen LogP contribution is 2.28. The average Bonchev–Trinajstić information content (AvgIpc) is 2.43. The van der Waals surface area contributed by atoms with Gasteiger partial charge in [-0.15, -0.1) is 0 Å². The summed E-state index contributed by atoms with van der Waals surface area (Å²) < 4.78 is 0. The summed E-state index contributed by atoms with van der Waals surface area (Å²) in [4.78, 5) is 33.1. The van der Waals surface area contributed by atoms with Crippen LogP contribution < -0.4 is 5.32 Å². The zero-order valence-electron chi connectivity index (χ0n) is 11.0. The molecular weight excluding hydrogens is 268 g/mol. The van der Waals surface area contributed by atoms with Gasteiger partial charge in [-0.3, -0.25) is 25.0 Å². The zero-order valence-corrected chi connectivity index (χ0v) is 11.0. The Hall–Kier alpha value is -2.71. The molecular formula is C11H14N4O5. The van der Waals surface area contributed by atoms with Crippen molar-refractivity contribution in [1.29, 1.82) is 0 Å². The maximum absolute atomic E-state index is 11.6. The van der Waals surface area contributed by atoms with E-state index in [1.165, 1.54) is 11.0 Å². The molecule has 20 heavy (non-hydrogen) atoms. The van der Waals surface area contributed by atoms with Gasteiger partial charge in [-0.25, -0.2) is 0 Å². The molecule has 1 rings (SSSR count). The lowest BCUT2D eigenvalue weighted by Gasteiger charge is -2.15. The number of nitrogens with one attached hydrogen (secondary N) is 1. The molecule has 0 fully saturated rings. The van der Waals surface area contributed by atoms with E-state index in [0.29, 0.717) is 6.54 Å². The number of carbonyl (C=O) groups is 1. The lowest BCUT2D eigenvalue weighted by molar-refractivity contribution is -0.393.